The lowest BCUT2D eigenvalue weighted by Gasteiger charge is -2.22. The molecule has 2 heterocycles. The van der Waals surface area contributed by atoms with E-state index < -0.39 is 0 Å². The maximum Gasteiger partial charge on any atom is 0.0797 e. The Kier molecular flexibility index (Phi) is 2.30. The fraction of sp³-hybridized carbons (Fsp3) is 0.727. The van der Waals surface area contributed by atoms with Crippen molar-refractivity contribution in [1.29, 1.82) is 0 Å². The van der Waals surface area contributed by atoms with Crippen molar-refractivity contribution in [2.24, 2.45) is 0 Å². The highest BCUT2D eigenvalue weighted by atomic mass is 32.1. The predicted molar refractivity (Wildman–Crippen MR) is 58.9 cm³/mol. The van der Waals surface area contributed by atoms with Crippen LogP contribution < -0.4 is 5.32 Å². The van der Waals surface area contributed by atoms with Crippen LogP contribution in [0.25, 0.3) is 0 Å². The van der Waals surface area contributed by atoms with Gasteiger partial charge in [0.1, 0.15) is 0 Å². The van der Waals surface area contributed by atoms with Gasteiger partial charge in [-0.15, -0.1) is 11.3 Å². The predicted octanol–water partition coefficient (Wildman–Crippen LogP) is 2.49. The zero-order valence-electron chi connectivity index (χ0n) is 8.33. The molecular formula is C11H16N2S. The molecule has 1 aliphatic carbocycles. The first-order valence-electron chi connectivity index (χ1n) is 5.59. The monoisotopic (exact) mass is 208 g/mol. The molecule has 0 aromatic carbocycles. The van der Waals surface area contributed by atoms with Crippen molar-refractivity contribution in [2.45, 2.75) is 37.5 Å². The molecule has 0 unspecified atom stereocenters. The van der Waals surface area contributed by atoms with Gasteiger partial charge in [0, 0.05) is 10.8 Å². The van der Waals surface area contributed by atoms with E-state index in [1.807, 2.05) is 16.8 Å². The third kappa shape index (κ3) is 1.59. The Balaban J connectivity index is 1.82. The molecule has 2 nitrogen and oxygen atoms in total. The molecule has 0 amide bonds. The number of thiazole rings is 1. The minimum Gasteiger partial charge on any atom is -0.317 e. The summed E-state index contributed by atoms with van der Waals surface area (Å²) in [5.74, 6) is 1.63. The van der Waals surface area contributed by atoms with E-state index in [4.69, 9.17) is 0 Å². The maximum absolute atomic E-state index is 4.55. The van der Waals surface area contributed by atoms with Crippen LogP contribution in [0.15, 0.2) is 5.51 Å². The van der Waals surface area contributed by atoms with Crippen LogP contribution >= 0.6 is 11.3 Å². The van der Waals surface area contributed by atoms with Crippen molar-refractivity contribution in [3.05, 3.63) is 16.1 Å². The van der Waals surface area contributed by atoms with Crippen LogP contribution in [0, 0.1) is 0 Å². The van der Waals surface area contributed by atoms with Crippen LogP contribution in [0.1, 0.15) is 48.1 Å². The molecule has 0 atom stereocenters. The Morgan fingerprint density at radius 1 is 1.14 bits per heavy atom. The highest BCUT2D eigenvalue weighted by Crippen LogP contribution is 2.45. The molecular weight excluding hydrogens is 192 g/mol. The van der Waals surface area contributed by atoms with Gasteiger partial charge in [-0.2, -0.15) is 0 Å². The molecule has 0 radical (unpaired) electrons. The lowest BCUT2D eigenvalue weighted by atomic mass is 9.94. The van der Waals surface area contributed by atoms with E-state index in [9.17, 15) is 0 Å². The summed E-state index contributed by atoms with van der Waals surface area (Å²) < 4.78 is 0. The quantitative estimate of drug-likeness (QED) is 0.807. The largest absolute Gasteiger partial charge is 0.317 e. The second-order valence-electron chi connectivity index (χ2n) is 4.40. The Hall–Kier alpha value is -0.410. The van der Waals surface area contributed by atoms with Gasteiger partial charge < -0.3 is 5.32 Å². The summed E-state index contributed by atoms with van der Waals surface area (Å²) in [6, 6.07) is 0. The van der Waals surface area contributed by atoms with Gasteiger partial charge in [-0.05, 0) is 44.7 Å². The summed E-state index contributed by atoms with van der Waals surface area (Å²) in [7, 11) is 0. The van der Waals surface area contributed by atoms with E-state index in [1.165, 1.54) is 44.5 Å². The molecule has 1 aromatic heterocycles. The summed E-state index contributed by atoms with van der Waals surface area (Å²) in [6.45, 7) is 2.37. The molecule has 3 rings (SSSR count). The topological polar surface area (TPSA) is 24.9 Å². The fourth-order valence-corrected chi connectivity index (χ4v) is 3.36. The van der Waals surface area contributed by atoms with E-state index in [0.29, 0.717) is 0 Å². The Morgan fingerprint density at radius 3 is 2.64 bits per heavy atom. The third-order valence-corrected chi connectivity index (χ3v) is 4.31. The molecule has 3 heteroatoms. The smallest absolute Gasteiger partial charge is 0.0797 e. The fourth-order valence-electron chi connectivity index (χ4n) is 2.32. The van der Waals surface area contributed by atoms with Crippen LogP contribution in [0.4, 0.5) is 0 Å². The van der Waals surface area contributed by atoms with Crippen LogP contribution in [0.2, 0.25) is 0 Å². The summed E-state index contributed by atoms with van der Waals surface area (Å²) in [6.07, 6.45) is 5.37. The van der Waals surface area contributed by atoms with E-state index in [1.54, 1.807) is 4.88 Å². The van der Waals surface area contributed by atoms with Crippen molar-refractivity contribution in [3.63, 3.8) is 0 Å². The van der Waals surface area contributed by atoms with Gasteiger partial charge in [-0.1, -0.05) is 0 Å². The first-order chi connectivity index (χ1) is 6.95. The summed E-state index contributed by atoms with van der Waals surface area (Å²) in [4.78, 5) is 6.16. The van der Waals surface area contributed by atoms with Crippen molar-refractivity contribution in [2.75, 3.05) is 13.1 Å². The van der Waals surface area contributed by atoms with Crippen LogP contribution in [0.5, 0.6) is 0 Å². The molecule has 1 saturated heterocycles. The van der Waals surface area contributed by atoms with E-state index in [2.05, 4.69) is 10.3 Å². The zero-order valence-corrected chi connectivity index (χ0v) is 9.15. The minimum atomic E-state index is 0.805. The van der Waals surface area contributed by atoms with Crippen molar-refractivity contribution in [1.82, 2.24) is 10.3 Å². The summed E-state index contributed by atoms with van der Waals surface area (Å²) in [5, 5.41) is 3.43. The SMILES string of the molecule is c1nc(C2CC2)c(C2CCNCC2)s1. The van der Waals surface area contributed by atoms with Crippen LogP contribution in [-0.4, -0.2) is 18.1 Å². The van der Waals surface area contributed by atoms with Gasteiger partial charge >= 0.3 is 0 Å². The average Bonchev–Trinajstić information content (AvgIpc) is 2.98. The number of nitrogens with zero attached hydrogens (tertiary/aromatic N) is 1. The lowest BCUT2D eigenvalue weighted by molar-refractivity contribution is 0.462. The number of nitrogens with one attached hydrogen (secondary N) is 1. The standard InChI is InChI=1S/C11H16N2S/c1-2-8(1)10-11(14-7-13-10)9-3-5-12-6-4-9/h7-9,12H,1-6H2. The number of piperidine rings is 1. The Labute approximate surface area is 88.7 Å². The van der Waals surface area contributed by atoms with Gasteiger partial charge in [-0.25, -0.2) is 4.98 Å². The van der Waals surface area contributed by atoms with Crippen molar-refractivity contribution < 1.29 is 0 Å². The van der Waals surface area contributed by atoms with Crippen LogP contribution in [-0.2, 0) is 0 Å². The van der Waals surface area contributed by atoms with E-state index >= 15 is 0 Å². The van der Waals surface area contributed by atoms with Gasteiger partial charge in [0.15, 0.2) is 0 Å². The lowest BCUT2D eigenvalue weighted by Crippen LogP contribution is -2.26. The highest BCUT2D eigenvalue weighted by Gasteiger charge is 2.31. The zero-order chi connectivity index (χ0) is 9.38. The van der Waals surface area contributed by atoms with Gasteiger partial charge in [0.2, 0.25) is 0 Å². The maximum atomic E-state index is 4.55. The van der Waals surface area contributed by atoms with E-state index in [0.717, 1.165) is 11.8 Å². The molecule has 1 N–H and O–H groups in total. The van der Waals surface area contributed by atoms with Gasteiger partial charge in [0.25, 0.3) is 0 Å². The molecule has 0 bridgehead atoms. The van der Waals surface area contributed by atoms with Crippen LogP contribution in [0.3, 0.4) is 0 Å². The molecule has 76 valence electrons. The Bertz CT molecular complexity index is 311. The number of hydrogen-bond donors (Lipinski definition) is 1. The average molecular weight is 208 g/mol. The molecule has 14 heavy (non-hydrogen) atoms. The third-order valence-electron chi connectivity index (χ3n) is 3.30. The first-order valence-corrected chi connectivity index (χ1v) is 6.47. The Morgan fingerprint density at radius 2 is 1.93 bits per heavy atom. The normalized spacial score (nSPS) is 24.0. The van der Waals surface area contributed by atoms with Gasteiger partial charge in [0.05, 0.1) is 11.2 Å². The van der Waals surface area contributed by atoms with Gasteiger partial charge in [-0.3, -0.25) is 0 Å². The molecule has 2 aliphatic rings. The molecule has 1 aliphatic heterocycles. The van der Waals surface area contributed by atoms with E-state index in [-0.39, 0.29) is 0 Å². The summed E-state index contributed by atoms with van der Waals surface area (Å²) in [5.41, 5.74) is 3.49. The number of hydrogen-bond acceptors (Lipinski definition) is 3. The second-order valence-corrected chi connectivity index (χ2v) is 5.29. The second kappa shape index (κ2) is 3.63. The molecule has 1 aromatic rings. The summed E-state index contributed by atoms with van der Waals surface area (Å²) >= 11 is 1.89. The number of rotatable bonds is 2. The van der Waals surface area contributed by atoms with Crippen molar-refractivity contribution >= 4 is 11.3 Å². The first kappa shape index (κ1) is 8.86. The molecule has 1 saturated carbocycles. The molecule has 2 fully saturated rings. The molecule has 0 spiro atoms. The minimum absolute atomic E-state index is 0.805. The highest BCUT2D eigenvalue weighted by molar-refractivity contribution is 7.09. The van der Waals surface area contributed by atoms with Crippen molar-refractivity contribution in [3.8, 4) is 0 Å². The number of aromatic nitrogens is 1.